The molecule has 1 atom stereocenters. The van der Waals surface area contributed by atoms with Gasteiger partial charge in [0.2, 0.25) is 0 Å². The molecule has 16 heavy (non-hydrogen) atoms. The molecule has 0 saturated carbocycles. The van der Waals surface area contributed by atoms with Gasteiger partial charge in [-0.05, 0) is 36.5 Å². The molecule has 0 aromatic heterocycles. The molecule has 1 unspecified atom stereocenters. The van der Waals surface area contributed by atoms with Gasteiger partial charge in [0.1, 0.15) is 6.29 Å². The average Bonchev–Trinajstić information content (AvgIpc) is 2.83. The van der Waals surface area contributed by atoms with Crippen molar-refractivity contribution in [2.75, 3.05) is 18.0 Å². The molecule has 86 valence electrons. The second-order valence-electron chi connectivity index (χ2n) is 4.59. The maximum absolute atomic E-state index is 10.5. The molecule has 0 radical (unpaired) electrons. The van der Waals surface area contributed by atoms with Crippen molar-refractivity contribution in [3.05, 3.63) is 29.8 Å². The van der Waals surface area contributed by atoms with Crippen LogP contribution in [0.4, 0.5) is 5.69 Å². The minimum absolute atomic E-state index is 0.333. The summed E-state index contributed by atoms with van der Waals surface area (Å²) in [6.45, 7) is 4.45. The van der Waals surface area contributed by atoms with Crippen LogP contribution in [0.15, 0.2) is 24.3 Å². The fraction of sp³-hybridized carbons (Fsp3) is 0.500. The summed E-state index contributed by atoms with van der Waals surface area (Å²) in [5, 5.41) is 0. The van der Waals surface area contributed by atoms with Crippen LogP contribution in [0.3, 0.4) is 0 Å². The highest BCUT2D eigenvalue weighted by atomic mass is 16.1. The summed E-state index contributed by atoms with van der Waals surface area (Å²) < 4.78 is 0. The summed E-state index contributed by atoms with van der Waals surface area (Å²) in [6, 6.07) is 8.62. The zero-order chi connectivity index (χ0) is 11.4. The summed E-state index contributed by atoms with van der Waals surface area (Å²) in [5.74, 6) is 0.333. The minimum Gasteiger partial charge on any atom is -0.372 e. The van der Waals surface area contributed by atoms with Crippen LogP contribution < -0.4 is 4.90 Å². The molecule has 1 aromatic carbocycles. The largest absolute Gasteiger partial charge is 0.372 e. The number of carbonyl (C=O) groups is 1. The van der Waals surface area contributed by atoms with E-state index in [1.165, 1.54) is 37.2 Å². The van der Waals surface area contributed by atoms with Gasteiger partial charge in [0.05, 0.1) is 0 Å². The van der Waals surface area contributed by atoms with Crippen LogP contribution in [0.25, 0.3) is 0 Å². The second kappa shape index (κ2) is 5.15. The van der Waals surface area contributed by atoms with Crippen molar-refractivity contribution < 1.29 is 4.79 Å². The Bertz CT molecular complexity index is 356. The molecule has 0 bridgehead atoms. The SMILES string of the molecule is CC(CC=O)c1cccc(N2CCCC2)c1. The van der Waals surface area contributed by atoms with E-state index in [2.05, 4.69) is 36.1 Å². The number of anilines is 1. The average molecular weight is 217 g/mol. The molecule has 2 heteroatoms. The summed E-state index contributed by atoms with van der Waals surface area (Å²) in [4.78, 5) is 12.9. The van der Waals surface area contributed by atoms with Crippen molar-refractivity contribution in [3.63, 3.8) is 0 Å². The predicted octanol–water partition coefficient (Wildman–Crippen LogP) is 2.98. The molecule has 1 heterocycles. The topological polar surface area (TPSA) is 20.3 Å². The van der Waals surface area contributed by atoms with E-state index < -0.39 is 0 Å². The van der Waals surface area contributed by atoms with Gasteiger partial charge in [-0.3, -0.25) is 0 Å². The fourth-order valence-electron chi connectivity index (χ4n) is 2.28. The summed E-state index contributed by atoms with van der Waals surface area (Å²) >= 11 is 0. The number of carbonyl (C=O) groups excluding carboxylic acids is 1. The predicted molar refractivity (Wildman–Crippen MR) is 67.0 cm³/mol. The van der Waals surface area contributed by atoms with E-state index in [1.807, 2.05) is 0 Å². The van der Waals surface area contributed by atoms with E-state index >= 15 is 0 Å². The van der Waals surface area contributed by atoms with Gasteiger partial charge in [0.15, 0.2) is 0 Å². The molecule has 1 aliphatic heterocycles. The Kier molecular flexibility index (Phi) is 3.60. The first-order valence-corrected chi connectivity index (χ1v) is 6.10. The zero-order valence-corrected chi connectivity index (χ0v) is 9.86. The van der Waals surface area contributed by atoms with Gasteiger partial charge in [-0.15, -0.1) is 0 Å². The van der Waals surface area contributed by atoms with E-state index in [0.29, 0.717) is 12.3 Å². The van der Waals surface area contributed by atoms with E-state index in [9.17, 15) is 4.79 Å². The van der Waals surface area contributed by atoms with E-state index in [1.54, 1.807) is 0 Å². The Morgan fingerprint density at radius 2 is 2.12 bits per heavy atom. The van der Waals surface area contributed by atoms with Crippen LogP contribution in [-0.4, -0.2) is 19.4 Å². The lowest BCUT2D eigenvalue weighted by molar-refractivity contribution is -0.108. The minimum atomic E-state index is 0.333. The molecule has 0 amide bonds. The zero-order valence-electron chi connectivity index (χ0n) is 9.86. The van der Waals surface area contributed by atoms with Gasteiger partial charge < -0.3 is 9.69 Å². The third-order valence-corrected chi connectivity index (χ3v) is 3.36. The fourth-order valence-corrected chi connectivity index (χ4v) is 2.28. The number of hydrogen-bond acceptors (Lipinski definition) is 2. The lowest BCUT2D eigenvalue weighted by Crippen LogP contribution is -2.17. The summed E-state index contributed by atoms with van der Waals surface area (Å²) in [7, 11) is 0. The molecule has 1 fully saturated rings. The lowest BCUT2D eigenvalue weighted by atomic mass is 9.98. The highest BCUT2D eigenvalue weighted by molar-refractivity contribution is 5.54. The highest BCUT2D eigenvalue weighted by Crippen LogP contribution is 2.25. The van der Waals surface area contributed by atoms with Gasteiger partial charge in [-0.25, -0.2) is 0 Å². The monoisotopic (exact) mass is 217 g/mol. The van der Waals surface area contributed by atoms with E-state index in [-0.39, 0.29) is 0 Å². The second-order valence-corrected chi connectivity index (χ2v) is 4.59. The van der Waals surface area contributed by atoms with Gasteiger partial charge in [0.25, 0.3) is 0 Å². The van der Waals surface area contributed by atoms with E-state index in [0.717, 1.165) is 6.29 Å². The van der Waals surface area contributed by atoms with Crippen LogP contribution in [0.5, 0.6) is 0 Å². The number of benzene rings is 1. The molecular weight excluding hydrogens is 198 g/mol. The van der Waals surface area contributed by atoms with Gasteiger partial charge in [-0.2, -0.15) is 0 Å². The normalized spacial score (nSPS) is 17.4. The van der Waals surface area contributed by atoms with Gasteiger partial charge in [0, 0.05) is 25.2 Å². The molecule has 0 N–H and O–H groups in total. The molecule has 1 saturated heterocycles. The van der Waals surface area contributed by atoms with Gasteiger partial charge >= 0.3 is 0 Å². The van der Waals surface area contributed by atoms with Crippen LogP contribution in [0.2, 0.25) is 0 Å². The lowest BCUT2D eigenvalue weighted by Gasteiger charge is -2.19. The van der Waals surface area contributed by atoms with Crippen LogP contribution in [-0.2, 0) is 4.79 Å². The molecule has 2 nitrogen and oxygen atoms in total. The number of hydrogen-bond donors (Lipinski definition) is 0. The smallest absolute Gasteiger partial charge is 0.120 e. The van der Waals surface area contributed by atoms with Crippen LogP contribution in [0.1, 0.15) is 37.7 Å². The van der Waals surface area contributed by atoms with Gasteiger partial charge in [-0.1, -0.05) is 19.1 Å². The maximum Gasteiger partial charge on any atom is 0.120 e. The third kappa shape index (κ3) is 2.43. The number of nitrogens with zero attached hydrogens (tertiary/aromatic N) is 1. The molecule has 0 aliphatic carbocycles. The summed E-state index contributed by atoms with van der Waals surface area (Å²) in [5.41, 5.74) is 2.59. The maximum atomic E-state index is 10.5. The van der Waals surface area contributed by atoms with Crippen molar-refractivity contribution in [3.8, 4) is 0 Å². The number of aldehydes is 1. The first-order valence-electron chi connectivity index (χ1n) is 6.10. The first-order chi connectivity index (χ1) is 7.81. The molecular formula is C14H19NO. The van der Waals surface area contributed by atoms with Crippen molar-refractivity contribution >= 4 is 12.0 Å². The Balaban J connectivity index is 2.15. The molecule has 1 aliphatic rings. The van der Waals surface area contributed by atoms with Crippen molar-refractivity contribution in [1.82, 2.24) is 0 Å². The quantitative estimate of drug-likeness (QED) is 0.723. The molecule has 0 spiro atoms. The first kappa shape index (κ1) is 11.2. The Morgan fingerprint density at radius 3 is 2.81 bits per heavy atom. The van der Waals surface area contributed by atoms with Crippen LogP contribution >= 0.6 is 0 Å². The van der Waals surface area contributed by atoms with Crippen molar-refractivity contribution in [2.24, 2.45) is 0 Å². The summed E-state index contributed by atoms with van der Waals surface area (Å²) in [6.07, 6.45) is 4.22. The highest BCUT2D eigenvalue weighted by Gasteiger charge is 2.13. The Labute approximate surface area is 97.3 Å². The molecule has 2 rings (SSSR count). The Morgan fingerprint density at radius 1 is 1.38 bits per heavy atom. The van der Waals surface area contributed by atoms with Crippen molar-refractivity contribution in [1.29, 1.82) is 0 Å². The molecule has 1 aromatic rings. The third-order valence-electron chi connectivity index (χ3n) is 3.36. The van der Waals surface area contributed by atoms with Crippen molar-refractivity contribution in [2.45, 2.75) is 32.1 Å². The number of rotatable bonds is 4. The Hall–Kier alpha value is -1.31. The van der Waals surface area contributed by atoms with Crippen LogP contribution in [0, 0.1) is 0 Å². The standard InChI is InChI=1S/C14H19NO/c1-12(7-10-16)13-5-4-6-14(11-13)15-8-2-3-9-15/h4-6,10-12H,2-3,7-9H2,1H3. The van der Waals surface area contributed by atoms with E-state index in [4.69, 9.17) is 0 Å².